The van der Waals surface area contributed by atoms with E-state index >= 15 is 0 Å². The van der Waals surface area contributed by atoms with Crippen LogP contribution in [0.1, 0.15) is 6.92 Å². The summed E-state index contributed by atoms with van der Waals surface area (Å²) >= 11 is 0. The van der Waals surface area contributed by atoms with Crippen molar-refractivity contribution >= 4 is 21.7 Å². The molecule has 0 saturated heterocycles. The second-order valence-corrected chi connectivity index (χ2v) is 6.29. The standard InChI is InChI=1S/C10H15OP2/c1-2-13(11)9-8-12-10-6-4-3-5-7-10/h3-7,12H,2,8-9H2,1H3/q+1. The van der Waals surface area contributed by atoms with Gasteiger partial charge in [0.2, 0.25) is 0 Å². The summed E-state index contributed by atoms with van der Waals surface area (Å²) in [6, 6.07) is 10.4. The van der Waals surface area contributed by atoms with E-state index in [0.29, 0.717) is 0 Å². The van der Waals surface area contributed by atoms with E-state index in [1.54, 1.807) is 0 Å². The van der Waals surface area contributed by atoms with Gasteiger partial charge in [0.25, 0.3) is 0 Å². The van der Waals surface area contributed by atoms with E-state index in [2.05, 4.69) is 24.3 Å². The zero-order chi connectivity index (χ0) is 9.52. The zero-order valence-corrected chi connectivity index (χ0v) is 9.76. The predicted molar refractivity (Wildman–Crippen MR) is 62.3 cm³/mol. The molecule has 0 aliphatic rings. The molecule has 1 rings (SSSR count). The molecule has 0 radical (unpaired) electrons. The molecule has 0 amide bonds. The summed E-state index contributed by atoms with van der Waals surface area (Å²) in [5.74, 6) is 0. The second-order valence-electron chi connectivity index (χ2n) is 2.81. The molecule has 0 aliphatic carbocycles. The van der Waals surface area contributed by atoms with Crippen molar-refractivity contribution in [3.05, 3.63) is 30.3 Å². The van der Waals surface area contributed by atoms with E-state index < -0.39 is 7.80 Å². The van der Waals surface area contributed by atoms with Gasteiger partial charge >= 0.3 is 7.80 Å². The summed E-state index contributed by atoms with van der Waals surface area (Å²) < 4.78 is 11.2. The third-order valence-corrected chi connectivity index (χ3v) is 4.91. The van der Waals surface area contributed by atoms with Gasteiger partial charge in [0.15, 0.2) is 0 Å². The van der Waals surface area contributed by atoms with Crippen molar-refractivity contribution < 1.29 is 4.57 Å². The highest BCUT2D eigenvalue weighted by atomic mass is 31.1. The maximum atomic E-state index is 11.2. The molecule has 0 aromatic heterocycles. The molecule has 1 nitrogen and oxygen atoms in total. The van der Waals surface area contributed by atoms with Crippen LogP contribution in [0.5, 0.6) is 0 Å². The average Bonchev–Trinajstić information content (AvgIpc) is 2.19. The van der Waals surface area contributed by atoms with E-state index in [9.17, 15) is 4.57 Å². The van der Waals surface area contributed by atoms with Crippen molar-refractivity contribution in [3.8, 4) is 0 Å². The van der Waals surface area contributed by atoms with Crippen molar-refractivity contribution in [1.29, 1.82) is 0 Å². The molecular weight excluding hydrogens is 198 g/mol. The minimum absolute atomic E-state index is 0.816. The molecule has 0 N–H and O–H groups in total. The first-order valence-electron chi connectivity index (χ1n) is 4.54. The summed E-state index contributed by atoms with van der Waals surface area (Å²) in [5.41, 5.74) is 0. The van der Waals surface area contributed by atoms with Crippen molar-refractivity contribution in [3.63, 3.8) is 0 Å². The Hall–Kier alpha value is -0.250. The molecule has 0 saturated carbocycles. The minimum Gasteiger partial charge on any atom is -0.0861 e. The van der Waals surface area contributed by atoms with Crippen LogP contribution in [0.4, 0.5) is 0 Å². The lowest BCUT2D eigenvalue weighted by Gasteiger charge is -1.95. The molecule has 3 heteroatoms. The first-order chi connectivity index (χ1) is 6.33. The van der Waals surface area contributed by atoms with E-state index in [1.165, 1.54) is 5.30 Å². The summed E-state index contributed by atoms with van der Waals surface area (Å²) in [5, 5.41) is 1.38. The topological polar surface area (TPSA) is 17.1 Å². The second kappa shape index (κ2) is 6.24. The fourth-order valence-electron chi connectivity index (χ4n) is 1.04. The SMILES string of the molecule is CC[P+](=O)CCPc1ccccc1. The normalized spacial score (nSPS) is 12.2. The lowest BCUT2D eigenvalue weighted by atomic mass is 10.4. The Labute approximate surface area is 82.5 Å². The predicted octanol–water partition coefficient (Wildman–Crippen LogP) is 2.84. The molecule has 2 atom stereocenters. The van der Waals surface area contributed by atoms with Gasteiger partial charge in [-0.3, -0.25) is 0 Å². The Kier molecular flexibility index (Phi) is 5.20. The zero-order valence-electron chi connectivity index (χ0n) is 7.86. The van der Waals surface area contributed by atoms with Crippen molar-refractivity contribution in [1.82, 2.24) is 0 Å². The number of rotatable bonds is 5. The number of benzene rings is 1. The molecule has 0 heterocycles. The average molecular weight is 213 g/mol. The van der Waals surface area contributed by atoms with Crippen LogP contribution < -0.4 is 5.30 Å². The smallest absolute Gasteiger partial charge is 0.0861 e. The van der Waals surface area contributed by atoms with Gasteiger partial charge in [-0.05, 0) is 12.2 Å². The Balaban J connectivity index is 2.24. The van der Waals surface area contributed by atoms with Crippen LogP contribution in [-0.4, -0.2) is 18.5 Å². The Morgan fingerprint density at radius 2 is 2.00 bits per heavy atom. The van der Waals surface area contributed by atoms with Gasteiger partial charge in [0, 0.05) is 6.16 Å². The van der Waals surface area contributed by atoms with Crippen LogP contribution in [0.15, 0.2) is 30.3 Å². The lowest BCUT2D eigenvalue weighted by molar-refractivity contribution is 0.589. The van der Waals surface area contributed by atoms with Crippen molar-refractivity contribution in [2.45, 2.75) is 6.92 Å². The molecule has 1 aromatic rings. The molecule has 0 aliphatic heterocycles. The summed E-state index contributed by atoms with van der Waals surface area (Å²) in [7, 11) is -0.101. The largest absolute Gasteiger partial charge is 0.338 e. The van der Waals surface area contributed by atoms with E-state index in [-0.39, 0.29) is 0 Å². The van der Waals surface area contributed by atoms with E-state index in [0.717, 1.165) is 27.1 Å². The van der Waals surface area contributed by atoms with Crippen molar-refractivity contribution in [2.75, 3.05) is 18.5 Å². The fraction of sp³-hybridized carbons (Fsp3) is 0.400. The maximum absolute atomic E-state index is 11.2. The quantitative estimate of drug-likeness (QED) is 0.687. The van der Waals surface area contributed by atoms with Crippen LogP contribution in [0.25, 0.3) is 0 Å². The van der Waals surface area contributed by atoms with Gasteiger partial charge < -0.3 is 0 Å². The lowest BCUT2D eigenvalue weighted by Crippen LogP contribution is -1.95. The summed E-state index contributed by atoms with van der Waals surface area (Å²) in [6.45, 7) is 1.99. The molecule has 13 heavy (non-hydrogen) atoms. The third-order valence-electron chi connectivity index (χ3n) is 1.82. The fourth-order valence-corrected chi connectivity index (χ4v) is 3.52. The van der Waals surface area contributed by atoms with E-state index in [1.807, 2.05) is 13.0 Å². The minimum atomic E-state index is -0.918. The third kappa shape index (κ3) is 4.50. The molecule has 0 bridgehead atoms. The number of hydrogen-bond acceptors (Lipinski definition) is 1. The maximum Gasteiger partial charge on any atom is 0.338 e. The van der Waals surface area contributed by atoms with Gasteiger partial charge in [0.05, 0.1) is 0 Å². The van der Waals surface area contributed by atoms with Crippen LogP contribution in [0, 0.1) is 0 Å². The monoisotopic (exact) mass is 213 g/mol. The van der Waals surface area contributed by atoms with Gasteiger partial charge in [-0.2, -0.15) is 0 Å². The molecular formula is C10H15OP2+. The number of hydrogen-bond donors (Lipinski definition) is 0. The summed E-state index contributed by atoms with van der Waals surface area (Å²) in [6.07, 6.45) is 2.79. The molecule has 2 unspecified atom stereocenters. The Morgan fingerprint density at radius 1 is 1.31 bits per heavy atom. The van der Waals surface area contributed by atoms with Crippen LogP contribution in [0.2, 0.25) is 0 Å². The highest BCUT2D eigenvalue weighted by Crippen LogP contribution is 2.22. The Morgan fingerprint density at radius 3 is 2.62 bits per heavy atom. The first-order valence-corrected chi connectivity index (χ1v) is 7.37. The summed E-state index contributed by atoms with van der Waals surface area (Å²) in [4.78, 5) is 0. The molecule has 0 spiro atoms. The van der Waals surface area contributed by atoms with Crippen LogP contribution in [-0.2, 0) is 4.57 Å². The van der Waals surface area contributed by atoms with Gasteiger partial charge in [-0.1, -0.05) is 43.5 Å². The van der Waals surface area contributed by atoms with Crippen LogP contribution >= 0.6 is 16.4 Å². The van der Waals surface area contributed by atoms with E-state index in [4.69, 9.17) is 0 Å². The highest BCUT2D eigenvalue weighted by Gasteiger charge is 2.09. The molecule has 1 aromatic carbocycles. The Bertz CT molecular complexity index is 259. The molecule has 0 fully saturated rings. The first kappa shape index (κ1) is 10.8. The van der Waals surface area contributed by atoms with Gasteiger partial charge in [0.1, 0.15) is 12.3 Å². The van der Waals surface area contributed by atoms with Crippen molar-refractivity contribution in [2.24, 2.45) is 0 Å². The van der Waals surface area contributed by atoms with Gasteiger partial charge in [-0.15, -0.1) is 0 Å². The molecule has 70 valence electrons. The van der Waals surface area contributed by atoms with Crippen LogP contribution in [0.3, 0.4) is 0 Å². The highest BCUT2D eigenvalue weighted by molar-refractivity contribution is 7.50. The van der Waals surface area contributed by atoms with Gasteiger partial charge in [-0.25, -0.2) is 0 Å².